The molecule has 1 aromatic heterocycles. The lowest BCUT2D eigenvalue weighted by atomic mass is 10.2. The van der Waals surface area contributed by atoms with Crippen molar-refractivity contribution in [1.82, 2.24) is 9.78 Å². The van der Waals surface area contributed by atoms with Crippen molar-refractivity contribution in [3.63, 3.8) is 0 Å². The van der Waals surface area contributed by atoms with Crippen LogP contribution in [0.5, 0.6) is 11.5 Å². The molecule has 6 nitrogen and oxygen atoms in total. The van der Waals surface area contributed by atoms with Crippen LogP contribution in [0.2, 0.25) is 0 Å². The number of benzene rings is 1. The first-order chi connectivity index (χ1) is 9.97. The van der Waals surface area contributed by atoms with Crippen molar-refractivity contribution >= 4 is 28.7 Å². The van der Waals surface area contributed by atoms with Crippen LogP contribution in [0.1, 0.15) is 11.3 Å². The van der Waals surface area contributed by atoms with Crippen LogP contribution in [0.15, 0.2) is 18.2 Å². The van der Waals surface area contributed by atoms with Gasteiger partial charge in [0.2, 0.25) is 0 Å². The summed E-state index contributed by atoms with van der Waals surface area (Å²) in [6.07, 6.45) is 0. The van der Waals surface area contributed by atoms with E-state index in [4.69, 9.17) is 27.4 Å². The zero-order chi connectivity index (χ0) is 15.6. The maximum Gasteiger partial charge on any atom is 0.146 e. The van der Waals surface area contributed by atoms with Crippen LogP contribution < -0.4 is 20.5 Å². The number of nitrogens with one attached hydrogen (secondary N) is 1. The molecule has 21 heavy (non-hydrogen) atoms. The smallest absolute Gasteiger partial charge is 0.146 e. The topological polar surface area (TPSA) is 74.3 Å². The number of anilines is 2. The zero-order valence-corrected chi connectivity index (χ0v) is 13.2. The molecule has 112 valence electrons. The molecular formula is C14H18N4O2S. The van der Waals surface area contributed by atoms with Gasteiger partial charge in [0.1, 0.15) is 22.3 Å². The summed E-state index contributed by atoms with van der Waals surface area (Å²) in [6.45, 7) is 1.87. The third-order valence-corrected chi connectivity index (χ3v) is 3.33. The second-order valence-electron chi connectivity index (χ2n) is 4.49. The Morgan fingerprint density at radius 1 is 1.33 bits per heavy atom. The van der Waals surface area contributed by atoms with E-state index in [1.54, 1.807) is 25.0 Å². The van der Waals surface area contributed by atoms with E-state index in [0.717, 1.165) is 22.8 Å². The number of hydrogen-bond donors (Lipinski definition) is 2. The molecule has 7 heteroatoms. The van der Waals surface area contributed by atoms with Gasteiger partial charge in [-0.1, -0.05) is 12.2 Å². The fraction of sp³-hybridized carbons (Fsp3) is 0.286. The Labute approximate surface area is 128 Å². The van der Waals surface area contributed by atoms with Crippen molar-refractivity contribution < 1.29 is 9.47 Å². The van der Waals surface area contributed by atoms with Crippen LogP contribution >= 0.6 is 12.2 Å². The lowest BCUT2D eigenvalue weighted by Gasteiger charge is -2.13. The Balaban J connectivity index is 2.45. The van der Waals surface area contributed by atoms with Crippen molar-refractivity contribution in [2.24, 2.45) is 12.8 Å². The molecule has 1 aromatic carbocycles. The first-order valence-corrected chi connectivity index (χ1v) is 6.71. The lowest BCUT2D eigenvalue weighted by Crippen LogP contribution is -2.13. The van der Waals surface area contributed by atoms with Crippen LogP contribution in [-0.4, -0.2) is 29.0 Å². The Bertz CT molecular complexity index is 682. The maximum absolute atomic E-state index is 5.79. The molecule has 3 N–H and O–H groups in total. The van der Waals surface area contributed by atoms with E-state index in [9.17, 15) is 0 Å². The Morgan fingerprint density at radius 2 is 2.05 bits per heavy atom. The summed E-state index contributed by atoms with van der Waals surface area (Å²) in [4.78, 5) is 0.301. The average molecular weight is 306 g/mol. The third-order valence-electron chi connectivity index (χ3n) is 3.13. The van der Waals surface area contributed by atoms with Crippen molar-refractivity contribution in [1.29, 1.82) is 0 Å². The number of aromatic nitrogens is 2. The van der Waals surface area contributed by atoms with Gasteiger partial charge in [-0.2, -0.15) is 5.10 Å². The predicted molar refractivity (Wildman–Crippen MR) is 86.7 cm³/mol. The van der Waals surface area contributed by atoms with Gasteiger partial charge in [-0.3, -0.25) is 4.68 Å². The predicted octanol–water partition coefficient (Wildman–Crippen LogP) is 2.12. The maximum atomic E-state index is 5.79. The standard InChI is InChI=1S/C14H18N4O2S/c1-8-12(13(15)21)14(18(2)17-8)16-10-6-5-9(19-3)7-11(10)20-4/h5-7,16H,1-4H3,(H2,15,21). The van der Waals surface area contributed by atoms with Crippen LogP contribution in [0.3, 0.4) is 0 Å². The van der Waals surface area contributed by atoms with Crippen molar-refractivity contribution in [3.05, 3.63) is 29.5 Å². The summed E-state index contributed by atoms with van der Waals surface area (Å²) < 4.78 is 12.3. The quantitative estimate of drug-likeness (QED) is 0.824. The normalized spacial score (nSPS) is 10.3. The molecule has 2 rings (SSSR count). The van der Waals surface area contributed by atoms with E-state index in [1.807, 2.05) is 26.1 Å². The Kier molecular flexibility index (Phi) is 4.32. The van der Waals surface area contributed by atoms with Gasteiger partial charge in [0.25, 0.3) is 0 Å². The monoisotopic (exact) mass is 306 g/mol. The molecule has 0 unspecified atom stereocenters. The minimum absolute atomic E-state index is 0.301. The van der Waals surface area contributed by atoms with E-state index in [2.05, 4.69) is 10.4 Å². The molecule has 0 saturated heterocycles. The highest BCUT2D eigenvalue weighted by molar-refractivity contribution is 7.80. The fourth-order valence-corrected chi connectivity index (χ4v) is 2.37. The molecule has 0 spiro atoms. The van der Waals surface area contributed by atoms with Gasteiger partial charge in [-0.25, -0.2) is 0 Å². The molecule has 0 aliphatic heterocycles. The minimum Gasteiger partial charge on any atom is -0.497 e. The van der Waals surface area contributed by atoms with Crippen LogP contribution in [0.4, 0.5) is 11.5 Å². The lowest BCUT2D eigenvalue weighted by molar-refractivity contribution is 0.395. The SMILES string of the molecule is COc1ccc(Nc2c(C(N)=S)c(C)nn2C)c(OC)c1. The Morgan fingerprint density at radius 3 is 2.62 bits per heavy atom. The zero-order valence-electron chi connectivity index (χ0n) is 12.4. The highest BCUT2D eigenvalue weighted by atomic mass is 32.1. The van der Waals surface area contributed by atoms with Gasteiger partial charge in [-0.15, -0.1) is 0 Å². The molecule has 0 amide bonds. The van der Waals surface area contributed by atoms with Gasteiger partial charge >= 0.3 is 0 Å². The number of rotatable bonds is 5. The molecule has 0 aliphatic rings. The fourth-order valence-electron chi connectivity index (χ4n) is 2.13. The second kappa shape index (κ2) is 6.01. The van der Waals surface area contributed by atoms with E-state index < -0.39 is 0 Å². The van der Waals surface area contributed by atoms with Gasteiger partial charge in [0, 0.05) is 13.1 Å². The van der Waals surface area contributed by atoms with E-state index in [0.29, 0.717) is 16.5 Å². The number of ether oxygens (including phenoxy) is 2. The van der Waals surface area contributed by atoms with Gasteiger partial charge in [-0.05, 0) is 19.1 Å². The van der Waals surface area contributed by atoms with E-state index in [-0.39, 0.29) is 0 Å². The number of thiocarbonyl (C=S) groups is 1. The number of methoxy groups -OCH3 is 2. The van der Waals surface area contributed by atoms with Crippen molar-refractivity contribution in [3.8, 4) is 11.5 Å². The molecule has 0 radical (unpaired) electrons. The molecule has 0 saturated carbocycles. The largest absolute Gasteiger partial charge is 0.497 e. The van der Waals surface area contributed by atoms with Gasteiger partial charge in [0.15, 0.2) is 0 Å². The second-order valence-corrected chi connectivity index (χ2v) is 4.93. The third kappa shape index (κ3) is 2.92. The Hall–Kier alpha value is -2.28. The van der Waals surface area contributed by atoms with Crippen molar-refractivity contribution in [2.75, 3.05) is 19.5 Å². The number of nitrogens with two attached hydrogens (primary N) is 1. The molecule has 0 atom stereocenters. The summed E-state index contributed by atoms with van der Waals surface area (Å²) in [5.41, 5.74) is 8.07. The highest BCUT2D eigenvalue weighted by Crippen LogP contribution is 2.32. The molecule has 0 bridgehead atoms. The molecule has 1 heterocycles. The number of aryl methyl sites for hydroxylation is 2. The minimum atomic E-state index is 0.301. The summed E-state index contributed by atoms with van der Waals surface area (Å²) in [6, 6.07) is 5.50. The summed E-state index contributed by atoms with van der Waals surface area (Å²) in [7, 11) is 5.04. The summed E-state index contributed by atoms with van der Waals surface area (Å²) in [5, 5.41) is 7.61. The molecular weight excluding hydrogens is 288 g/mol. The van der Waals surface area contributed by atoms with Gasteiger partial charge < -0.3 is 20.5 Å². The molecule has 0 fully saturated rings. The van der Waals surface area contributed by atoms with Crippen molar-refractivity contribution in [2.45, 2.75) is 6.92 Å². The van der Waals surface area contributed by atoms with Crippen LogP contribution in [0.25, 0.3) is 0 Å². The average Bonchev–Trinajstić information content (AvgIpc) is 2.73. The summed E-state index contributed by atoms with van der Waals surface area (Å²) in [5.74, 6) is 2.10. The first kappa shape index (κ1) is 15.1. The number of hydrogen-bond acceptors (Lipinski definition) is 5. The molecule has 2 aromatic rings. The summed E-state index contributed by atoms with van der Waals surface area (Å²) >= 11 is 5.10. The van der Waals surface area contributed by atoms with Crippen LogP contribution in [0, 0.1) is 6.92 Å². The van der Waals surface area contributed by atoms with E-state index in [1.165, 1.54) is 0 Å². The first-order valence-electron chi connectivity index (χ1n) is 6.30. The van der Waals surface area contributed by atoms with Crippen LogP contribution in [-0.2, 0) is 7.05 Å². The highest BCUT2D eigenvalue weighted by Gasteiger charge is 2.17. The number of nitrogens with zero attached hydrogens (tertiary/aromatic N) is 2. The molecule has 0 aliphatic carbocycles. The van der Waals surface area contributed by atoms with E-state index >= 15 is 0 Å². The van der Waals surface area contributed by atoms with Gasteiger partial charge in [0.05, 0.1) is 31.2 Å².